The molecular formula is C10H15F2N3. The van der Waals surface area contributed by atoms with Crippen LogP contribution in [0.5, 0.6) is 0 Å². The van der Waals surface area contributed by atoms with Crippen LogP contribution in [0.2, 0.25) is 0 Å². The number of hydrogen-bond donors (Lipinski definition) is 1. The summed E-state index contributed by atoms with van der Waals surface area (Å²) in [5.74, 6) is 0. The van der Waals surface area contributed by atoms with Gasteiger partial charge in [-0.25, -0.2) is 8.78 Å². The first-order valence-electron chi connectivity index (χ1n) is 4.72. The SMILES string of the molecule is CN(Cc1ccc(CN)cn1)CC(F)F. The van der Waals surface area contributed by atoms with E-state index in [9.17, 15) is 8.78 Å². The summed E-state index contributed by atoms with van der Waals surface area (Å²) in [6, 6.07) is 3.67. The fourth-order valence-corrected chi connectivity index (χ4v) is 1.25. The normalized spacial score (nSPS) is 11.3. The van der Waals surface area contributed by atoms with Gasteiger partial charge in [0.15, 0.2) is 0 Å². The van der Waals surface area contributed by atoms with Crippen LogP contribution in [0.25, 0.3) is 0 Å². The maximum Gasteiger partial charge on any atom is 0.251 e. The van der Waals surface area contributed by atoms with Crippen LogP contribution < -0.4 is 5.73 Å². The molecular weight excluding hydrogens is 200 g/mol. The number of hydrogen-bond acceptors (Lipinski definition) is 3. The lowest BCUT2D eigenvalue weighted by molar-refractivity contribution is 0.0970. The Bertz CT molecular complexity index is 287. The van der Waals surface area contributed by atoms with Crippen molar-refractivity contribution in [1.82, 2.24) is 9.88 Å². The third kappa shape index (κ3) is 4.31. The molecule has 2 N–H and O–H groups in total. The van der Waals surface area contributed by atoms with Crippen molar-refractivity contribution in [2.75, 3.05) is 13.6 Å². The molecule has 0 spiro atoms. The number of nitrogens with two attached hydrogens (primary N) is 1. The second-order valence-electron chi connectivity index (χ2n) is 3.45. The molecule has 0 aliphatic carbocycles. The van der Waals surface area contributed by atoms with Crippen molar-refractivity contribution >= 4 is 0 Å². The highest BCUT2D eigenvalue weighted by Gasteiger charge is 2.08. The molecule has 1 aromatic heterocycles. The van der Waals surface area contributed by atoms with Crippen LogP contribution in [0.15, 0.2) is 18.3 Å². The molecule has 0 atom stereocenters. The lowest BCUT2D eigenvalue weighted by Crippen LogP contribution is -2.24. The molecule has 0 saturated heterocycles. The van der Waals surface area contributed by atoms with Gasteiger partial charge in [0.2, 0.25) is 0 Å². The second kappa shape index (κ2) is 5.72. The van der Waals surface area contributed by atoms with E-state index in [2.05, 4.69) is 4.98 Å². The Kier molecular flexibility index (Phi) is 4.58. The number of nitrogens with zero attached hydrogens (tertiary/aromatic N) is 2. The molecule has 0 bridgehead atoms. The molecule has 0 fully saturated rings. The Morgan fingerprint density at radius 1 is 1.47 bits per heavy atom. The third-order valence-electron chi connectivity index (χ3n) is 2.00. The first kappa shape index (κ1) is 12.0. The minimum absolute atomic E-state index is 0.236. The molecule has 15 heavy (non-hydrogen) atoms. The third-order valence-corrected chi connectivity index (χ3v) is 2.00. The molecule has 0 saturated carbocycles. The summed E-state index contributed by atoms with van der Waals surface area (Å²) in [6.07, 6.45) is -0.635. The van der Waals surface area contributed by atoms with Crippen molar-refractivity contribution in [1.29, 1.82) is 0 Å². The molecule has 1 heterocycles. The standard InChI is InChI=1S/C10H15F2N3/c1-15(7-10(11)12)6-9-3-2-8(4-13)5-14-9/h2-3,5,10H,4,6-7,13H2,1H3. The molecule has 0 aliphatic heterocycles. The predicted molar refractivity (Wildman–Crippen MR) is 54.5 cm³/mol. The topological polar surface area (TPSA) is 42.1 Å². The van der Waals surface area contributed by atoms with Crippen molar-refractivity contribution in [3.63, 3.8) is 0 Å². The van der Waals surface area contributed by atoms with Crippen LogP contribution in [-0.4, -0.2) is 29.9 Å². The zero-order valence-electron chi connectivity index (χ0n) is 8.66. The molecule has 3 nitrogen and oxygen atoms in total. The zero-order valence-corrected chi connectivity index (χ0v) is 8.66. The van der Waals surface area contributed by atoms with E-state index in [0.29, 0.717) is 13.1 Å². The van der Waals surface area contributed by atoms with Crippen molar-refractivity contribution in [3.8, 4) is 0 Å². The molecule has 5 heteroatoms. The van der Waals surface area contributed by atoms with E-state index in [1.165, 1.54) is 4.90 Å². The average molecular weight is 215 g/mol. The first-order valence-corrected chi connectivity index (χ1v) is 4.72. The Hall–Kier alpha value is -1.07. The van der Waals surface area contributed by atoms with Crippen molar-refractivity contribution in [2.45, 2.75) is 19.5 Å². The highest BCUT2D eigenvalue weighted by molar-refractivity contribution is 5.13. The maximum absolute atomic E-state index is 12.0. The summed E-state index contributed by atoms with van der Waals surface area (Å²) in [7, 11) is 1.64. The smallest absolute Gasteiger partial charge is 0.251 e. The quantitative estimate of drug-likeness (QED) is 0.803. The van der Waals surface area contributed by atoms with Gasteiger partial charge in [-0.1, -0.05) is 6.07 Å². The minimum atomic E-state index is -2.31. The molecule has 0 unspecified atom stereocenters. The van der Waals surface area contributed by atoms with Gasteiger partial charge in [0.05, 0.1) is 12.2 Å². The molecule has 1 rings (SSSR count). The Morgan fingerprint density at radius 2 is 2.20 bits per heavy atom. The Labute approximate surface area is 87.9 Å². The largest absolute Gasteiger partial charge is 0.326 e. The molecule has 0 aromatic carbocycles. The lowest BCUT2D eigenvalue weighted by Gasteiger charge is -2.15. The maximum atomic E-state index is 12.0. The van der Waals surface area contributed by atoms with Crippen LogP contribution in [0.4, 0.5) is 8.78 Å². The van der Waals surface area contributed by atoms with Gasteiger partial charge in [-0.3, -0.25) is 9.88 Å². The Balaban J connectivity index is 2.49. The van der Waals surface area contributed by atoms with E-state index < -0.39 is 6.43 Å². The highest BCUT2D eigenvalue weighted by atomic mass is 19.3. The van der Waals surface area contributed by atoms with Crippen LogP contribution in [0, 0.1) is 0 Å². The van der Waals surface area contributed by atoms with Gasteiger partial charge in [0, 0.05) is 19.3 Å². The molecule has 0 amide bonds. The summed E-state index contributed by atoms with van der Waals surface area (Å²) in [6.45, 7) is 0.635. The summed E-state index contributed by atoms with van der Waals surface area (Å²) < 4.78 is 24.1. The summed E-state index contributed by atoms with van der Waals surface area (Å²) in [5, 5.41) is 0. The monoisotopic (exact) mass is 215 g/mol. The number of alkyl halides is 2. The average Bonchev–Trinajstić information content (AvgIpc) is 2.17. The van der Waals surface area contributed by atoms with Gasteiger partial charge in [-0.05, 0) is 18.7 Å². The van der Waals surface area contributed by atoms with E-state index in [4.69, 9.17) is 5.73 Å². The number of rotatable bonds is 5. The van der Waals surface area contributed by atoms with Crippen LogP contribution in [0.1, 0.15) is 11.3 Å². The summed E-state index contributed by atoms with van der Waals surface area (Å²) in [5.41, 5.74) is 7.13. The van der Waals surface area contributed by atoms with Gasteiger partial charge >= 0.3 is 0 Å². The van der Waals surface area contributed by atoms with Crippen LogP contribution in [-0.2, 0) is 13.1 Å². The number of halogens is 2. The van der Waals surface area contributed by atoms with Gasteiger partial charge in [0.1, 0.15) is 0 Å². The van der Waals surface area contributed by atoms with Gasteiger partial charge < -0.3 is 5.73 Å². The van der Waals surface area contributed by atoms with Crippen molar-refractivity contribution in [2.24, 2.45) is 5.73 Å². The fourth-order valence-electron chi connectivity index (χ4n) is 1.25. The number of pyridine rings is 1. The molecule has 0 aliphatic rings. The lowest BCUT2D eigenvalue weighted by atomic mass is 10.2. The fraction of sp³-hybridized carbons (Fsp3) is 0.500. The zero-order chi connectivity index (χ0) is 11.3. The molecule has 0 radical (unpaired) electrons. The molecule has 1 aromatic rings. The highest BCUT2D eigenvalue weighted by Crippen LogP contribution is 2.04. The van der Waals surface area contributed by atoms with Gasteiger partial charge in [-0.15, -0.1) is 0 Å². The van der Waals surface area contributed by atoms with Gasteiger partial charge in [0.25, 0.3) is 6.43 Å². The van der Waals surface area contributed by atoms with Crippen LogP contribution >= 0.6 is 0 Å². The summed E-state index contributed by atoms with van der Waals surface area (Å²) >= 11 is 0. The minimum Gasteiger partial charge on any atom is -0.326 e. The van der Waals surface area contributed by atoms with Crippen molar-refractivity contribution < 1.29 is 8.78 Å². The second-order valence-corrected chi connectivity index (χ2v) is 3.45. The van der Waals surface area contributed by atoms with Gasteiger partial charge in [-0.2, -0.15) is 0 Å². The Morgan fingerprint density at radius 3 is 2.67 bits per heavy atom. The van der Waals surface area contributed by atoms with E-state index in [1.807, 2.05) is 12.1 Å². The predicted octanol–water partition coefficient (Wildman–Crippen LogP) is 1.24. The van der Waals surface area contributed by atoms with E-state index >= 15 is 0 Å². The summed E-state index contributed by atoms with van der Waals surface area (Å²) in [4.78, 5) is 5.67. The number of aromatic nitrogens is 1. The first-order chi connectivity index (χ1) is 7.11. The van der Waals surface area contributed by atoms with Crippen LogP contribution in [0.3, 0.4) is 0 Å². The van der Waals surface area contributed by atoms with E-state index in [1.54, 1.807) is 13.2 Å². The molecule has 84 valence electrons. The van der Waals surface area contributed by atoms with E-state index in [0.717, 1.165) is 11.3 Å². The van der Waals surface area contributed by atoms with E-state index in [-0.39, 0.29) is 6.54 Å². The van der Waals surface area contributed by atoms with Crippen molar-refractivity contribution in [3.05, 3.63) is 29.6 Å².